The van der Waals surface area contributed by atoms with E-state index in [2.05, 4.69) is 4.98 Å². The molecule has 2 aromatic carbocycles. The summed E-state index contributed by atoms with van der Waals surface area (Å²) in [6.07, 6.45) is 1.73. The first kappa shape index (κ1) is 46.1. The zero-order chi connectivity index (χ0) is 44.3. The summed E-state index contributed by atoms with van der Waals surface area (Å²) in [6, 6.07) is 10.9. The third-order valence-electron chi connectivity index (χ3n) is 11.6. The average molecular weight is 849 g/mol. The quantitative estimate of drug-likeness (QED) is 0.162. The fraction of sp³-hybridized carbons (Fsp3) is 0.489. The van der Waals surface area contributed by atoms with Crippen molar-refractivity contribution in [1.29, 1.82) is 0 Å². The molecule has 0 unspecified atom stereocenters. The number of rotatable bonds is 6. The van der Waals surface area contributed by atoms with Gasteiger partial charge in [0.15, 0.2) is 0 Å². The van der Waals surface area contributed by atoms with Gasteiger partial charge in [0.2, 0.25) is 5.91 Å². The number of benzene rings is 2. The number of likely N-dealkylation sites (N-methyl/N-ethyl adjacent to an activating group) is 1. The molecule has 3 aliphatic rings. The molecule has 0 saturated carbocycles. The highest BCUT2D eigenvalue weighted by molar-refractivity contribution is 6.35. The minimum Gasteiger partial charge on any atom is -0.495 e. The van der Waals surface area contributed by atoms with Gasteiger partial charge in [-0.1, -0.05) is 62.2 Å². The molecule has 2 fully saturated rings. The molecule has 2 saturated heterocycles. The third-order valence-corrected chi connectivity index (χ3v) is 12.0. The van der Waals surface area contributed by atoms with Crippen LogP contribution in [0.25, 0.3) is 10.9 Å². The number of halogens is 1. The number of ether oxygens (including phenoxy) is 5. The number of methoxy groups -OCH3 is 2. The van der Waals surface area contributed by atoms with E-state index in [0.717, 1.165) is 16.5 Å². The Bertz CT molecular complexity index is 2180. The van der Waals surface area contributed by atoms with Gasteiger partial charge in [-0.15, -0.1) is 0 Å². The second-order valence-electron chi connectivity index (χ2n) is 15.8. The van der Waals surface area contributed by atoms with Gasteiger partial charge in [0.05, 0.1) is 37.3 Å². The van der Waals surface area contributed by atoms with Gasteiger partial charge in [-0.3, -0.25) is 14.4 Å². The summed E-state index contributed by atoms with van der Waals surface area (Å²) < 4.78 is 29.6. The minimum absolute atomic E-state index is 0.0395. The Morgan fingerprint density at radius 1 is 1.13 bits per heavy atom. The summed E-state index contributed by atoms with van der Waals surface area (Å²) in [6.45, 7) is 11.0. The van der Waals surface area contributed by atoms with Crippen molar-refractivity contribution in [3.63, 3.8) is 0 Å². The molecule has 0 aliphatic carbocycles. The summed E-state index contributed by atoms with van der Waals surface area (Å²) in [7, 11) is 5.99. The molecule has 3 N–H and O–H groups in total. The van der Waals surface area contributed by atoms with Crippen LogP contribution in [0.2, 0.25) is 5.02 Å². The number of pyridine rings is 1. The average Bonchev–Trinajstić information content (AvgIpc) is 3.92. The van der Waals surface area contributed by atoms with Crippen molar-refractivity contribution < 1.29 is 48.0 Å². The number of aliphatic hydroxyl groups is 1. The molecule has 3 aromatic rings. The number of epoxide rings is 1. The lowest BCUT2D eigenvalue weighted by molar-refractivity contribution is -0.187. The highest BCUT2D eigenvalue weighted by atomic mass is 35.5. The highest BCUT2D eigenvalue weighted by Crippen LogP contribution is 2.50. The highest BCUT2D eigenvalue weighted by Gasteiger charge is 2.64. The molecule has 8 atom stereocenters. The molecule has 0 spiro atoms. The molecular weight excluding hydrogens is 792 g/mol. The first-order chi connectivity index (χ1) is 28.4. The van der Waals surface area contributed by atoms with Crippen LogP contribution < -0.4 is 15.4 Å². The van der Waals surface area contributed by atoms with E-state index < -0.39 is 71.3 Å². The Balaban J connectivity index is 0.00000336. The van der Waals surface area contributed by atoms with Gasteiger partial charge in [-0.2, -0.15) is 0 Å². The lowest BCUT2D eigenvalue weighted by atomic mass is 9.78. The van der Waals surface area contributed by atoms with E-state index >= 15 is 0 Å². The summed E-state index contributed by atoms with van der Waals surface area (Å²) in [4.78, 5) is 62.0. The normalized spacial score (nSPS) is 28.8. The number of hydrogen-bond donors (Lipinski definition) is 2. The zero-order valence-electron chi connectivity index (χ0n) is 36.0. The lowest BCUT2D eigenvalue weighted by Gasteiger charge is -2.41. The number of carbonyl (C=O) groups excluding carboxylic acids is 4. The first-order valence-electron chi connectivity index (χ1n) is 20.1. The van der Waals surface area contributed by atoms with Crippen molar-refractivity contribution in [3.05, 3.63) is 82.5 Å². The largest absolute Gasteiger partial charge is 0.495 e. The van der Waals surface area contributed by atoms with Crippen molar-refractivity contribution >= 4 is 57.6 Å². The van der Waals surface area contributed by atoms with Gasteiger partial charge in [0, 0.05) is 44.6 Å². The van der Waals surface area contributed by atoms with Crippen LogP contribution in [0, 0.1) is 5.92 Å². The number of allylic oxidation sites excluding steroid dienone is 3. The van der Waals surface area contributed by atoms with E-state index in [4.69, 9.17) is 41.0 Å². The molecular formula is C45H57ClN4O10. The Hall–Kier alpha value is -5.02. The number of esters is 2. The maximum absolute atomic E-state index is 14.3. The van der Waals surface area contributed by atoms with E-state index in [-0.39, 0.29) is 30.0 Å². The van der Waals surface area contributed by atoms with Crippen LogP contribution >= 0.6 is 11.6 Å². The van der Waals surface area contributed by atoms with Crippen molar-refractivity contribution in [2.45, 2.75) is 109 Å². The maximum atomic E-state index is 14.3. The Morgan fingerprint density at radius 2 is 1.85 bits per heavy atom. The smallest absolute Gasteiger partial charge is 0.328 e. The fourth-order valence-corrected chi connectivity index (χ4v) is 8.19. The van der Waals surface area contributed by atoms with Crippen LogP contribution in [0.15, 0.2) is 66.3 Å². The SMILES string of the molecule is CC.COc1cc2cc(c1Cl)N(C)C(=O)C[C@H](OC(=O)[C@H](C)N(C)C(=O)c1ccc3cc(N)ccc3n1)[C@]1(C)O[C@H]1[C@H](C)[C@@H]1C[C@@](O)(CC(=O)O1)[C@H](OC)/C=C/C=C(\C)C2. The van der Waals surface area contributed by atoms with Crippen molar-refractivity contribution in [3.8, 4) is 5.75 Å². The van der Waals surface area contributed by atoms with E-state index in [0.29, 0.717) is 29.1 Å². The van der Waals surface area contributed by atoms with Gasteiger partial charge in [0.25, 0.3) is 5.91 Å². The van der Waals surface area contributed by atoms with Gasteiger partial charge in [-0.05, 0) is 69.2 Å². The zero-order valence-corrected chi connectivity index (χ0v) is 36.7. The van der Waals surface area contributed by atoms with Gasteiger partial charge in [-0.25, -0.2) is 9.78 Å². The molecule has 1 aromatic heterocycles. The number of nitrogen functional groups attached to an aromatic ring is 1. The fourth-order valence-electron chi connectivity index (χ4n) is 7.88. The molecule has 4 bridgehead atoms. The van der Waals surface area contributed by atoms with Gasteiger partial charge >= 0.3 is 11.9 Å². The summed E-state index contributed by atoms with van der Waals surface area (Å²) in [5, 5.41) is 12.9. The summed E-state index contributed by atoms with van der Waals surface area (Å²) in [5.41, 5.74) is 6.41. The minimum atomic E-state index is -1.60. The number of aromatic nitrogens is 1. The number of anilines is 2. The molecule has 6 rings (SSSR count). The molecule has 15 heteroatoms. The number of amides is 2. The van der Waals surface area contributed by atoms with Crippen LogP contribution in [0.3, 0.4) is 0 Å². The second-order valence-corrected chi connectivity index (χ2v) is 16.2. The third kappa shape index (κ3) is 9.62. The molecule has 4 heterocycles. The Morgan fingerprint density at radius 3 is 2.53 bits per heavy atom. The van der Waals surface area contributed by atoms with Gasteiger partial charge < -0.3 is 44.3 Å². The first-order valence-corrected chi connectivity index (χ1v) is 20.5. The summed E-state index contributed by atoms with van der Waals surface area (Å²) >= 11 is 6.79. The molecule has 14 nitrogen and oxygen atoms in total. The molecule has 3 aliphatic heterocycles. The molecule has 324 valence electrons. The predicted molar refractivity (Wildman–Crippen MR) is 229 cm³/mol. The monoisotopic (exact) mass is 848 g/mol. The van der Waals surface area contributed by atoms with E-state index in [9.17, 15) is 24.3 Å². The van der Waals surface area contributed by atoms with Crippen LogP contribution in [0.5, 0.6) is 5.75 Å². The van der Waals surface area contributed by atoms with Crippen molar-refractivity contribution in [2.75, 3.05) is 38.9 Å². The second kappa shape index (κ2) is 18.7. The lowest BCUT2D eigenvalue weighted by Crippen LogP contribution is -2.53. The predicted octanol–water partition coefficient (Wildman–Crippen LogP) is 6.23. The van der Waals surface area contributed by atoms with E-state index in [1.165, 1.54) is 38.0 Å². The van der Waals surface area contributed by atoms with E-state index in [1.54, 1.807) is 68.6 Å². The molecule has 0 radical (unpaired) electrons. The van der Waals surface area contributed by atoms with Crippen LogP contribution in [-0.4, -0.2) is 109 Å². The number of carbonyl (C=O) groups is 4. The number of nitrogens with two attached hydrogens (primary N) is 1. The standard InChI is InChI=1S/C43H51ClN4O10.C2H6/c1-23-10-9-11-34(55-8)43(53)21-33(56-37(50)22-43)24(2)39-42(4,58-39)35(20-36(49)48(6)31-17-26(16-23)18-32(54-7)38(31)44)57-41(52)25(3)47(5)40(51)30-14-12-27-19-28(45)13-15-29(27)46-30;1-2/h9-15,17-19,24-25,33-35,39,53H,16,20-22,45H2,1-8H3;1-2H3/b11-9+,23-10+;/t24-,25+,33+,34-,35+,39+,42+,43-;/m1./s1. The topological polar surface area (TPSA) is 183 Å². The molecule has 60 heavy (non-hydrogen) atoms. The molecule has 2 amide bonds. The summed E-state index contributed by atoms with van der Waals surface area (Å²) in [5.74, 6) is -2.52. The van der Waals surface area contributed by atoms with Gasteiger partial charge in [0.1, 0.15) is 52.0 Å². The number of fused-ring (bicyclic) bond motifs is 6. The number of nitrogens with zero attached hydrogens (tertiary/aromatic N) is 3. The Kier molecular flexibility index (Phi) is 14.4. The van der Waals surface area contributed by atoms with Crippen LogP contribution in [0.1, 0.15) is 76.9 Å². The Labute approximate surface area is 356 Å². The number of hydrogen-bond acceptors (Lipinski definition) is 12. The van der Waals surface area contributed by atoms with Crippen LogP contribution in [-0.2, 0) is 39.8 Å². The maximum Gasteiger partial charge on any atom is 0.328 e. The van der Waals surface area contributed by atoms with Crippen LogP contribution in [0.4, 0.5) is 11.4 Å². The van der Waals surface area contributed by atoms with Crippen molar-refractivity contribution in [2.24, 2.45) is 5.92 Å². The van der Waals surface area contributed by atoms with E-state index in [1.807, 2.05) is 33.8 Å². The van der Waals surface area contributed by atoms with Crippen molar-refractivity contribution in [1.82, 2.24) is 9.88 Å².